The predicted octanol–water partition coefficient (Wildman–Crippen LogP) is 3.26. The summed E-state index contributed by atoms with van der Waals surface area (Å²) in [6.07, 6.45) is 3.36. The Bertz CT molecular complexity index is 651. The van der Waals surface area contributed by atoms with Crippen LogP contribution >= 0.6 is 0 Å². The van der Waals surface area contributed by atoms with Crippen molar-refractivity contribution in [1.29, 1.82) is 0 Å². The van der Waals surface area contributed by atoms with E-state index in [0.717, 1.165) is 19.5 Å². The van der Waals surface area contributed by atoms with Crippen LogP contribution in [-0.4, -0.2) is 36.5 Å². The lowest BCUT2D eigenvalue weighted by Gasteiger charge is -2.28. The Hall–Kier alpha value is -2.20. The van der Waals surface area contributed by atoms with Crippen molar-refractivity contribution in [3.63, 3.8) is 0 Å². The van der Waals surface area contributed by atoms with Crippen molar-refractivity contribution >= 4 is 5.91 Å². The predicted molar refractivity (Wildman–Crippen MR) is 93.5 cm³/mol. The first kappa shape index (κ1) is 16.7. The van der Waals surface area contributed by atoms with E-state index in [1.54, 1.807) is 0 Å². The number of nitrogens with one attached hydrogen (secondary N) is 1. The number of hydrogen-bond acceptors (Lipinski definition) is 2. The second-order valence-corrected chi connectivity index (χ2v) is 6.30. The maximum absolute atomic E-state index is 13.0. The molecule has 0 spiro atoms. The van der Waals surface area contributed by atoms with Gasteiger partial charge in [0.05, 0.1) is 0 Å². The highest BCUT2D eigenvalue weighted by Crippen LogP contribution is 2.15. The van der Waals surface area contributed by atoms with E-state index < -0.39 is 0 Å². The molecule has 0 bridgehead atoms. The van der Waals surface area contributed by atoms with E-state index in [1.165, 1.54) is 42.7 Å². The van der Waals surface area contributed by atoms with Crippen molar-refractivity contribution in [3.8, 4) is 0 Å². The van der Waals surface area contributed by atoms with Crippen LogP contribution in [0, 0.1) is 5.82 Å². The number of carbonyl (C=O) groups excluding carboxylic acids is 1. The molecule has 1 aliphatic rings. The average Bonchev–Trinajstić information content (AvgIpc) is 3.14. The summed E-state index contributed by atoms with van der Waals surface area (Å²) >= 11 is 0. The Morgan fingerprint density at radius 1 is 1.04 bits per heavy atom. The first-order chi connectivity index (χ1) is 11.7. The van der Waals surface area contributed by atoms with Crippen molar-refractivity contribution in [2.45, 2.75) is 25.3 Å². The van der Waals surface area contributed by atoms with Gasteiger partial charge >= 0.3 is 0 Å². The first-order valence-corrected chi connectivity index (χ1v) is 8.54. The second kappa shape index (κ2) is 8.06. The molecule has 3 rings (SSSR count). The molecule has 3 nitrogen and oxygen atoms in total. The van der Waals surface area contributed by atoms with Crippen molar-refractivity contribution in [3.05, 3.63) is 71.5 Å². The summed E-state index contributed by atoms with van der Waals surface area (Å²) < 4.78 is 13.0. The van der Waals surface area contributed by atoms with Gasteiger partial charge in [-0.25, -0.2) is 4.39 Å². The molecule has 1 aliphatic heterocycles. The normalized spacial score (nSPS) is 16.0. The molecule has 1 amide bonds. The third kappa shape index (κ3) is 4.42. The fourth-order valence-corrected chi connectivity index (χ4v) is 3.24. The summed E-state index contributed by atoms with van der Waals surface area (Å²) in [5, 5.41) is 3.01. The van der Waals surface area contributed by atoms with Crippen molar-refractivity contribution in [2.24, 2.45) is 0 Å². The van der Waals surface area contributed by atoms with Gasteiger partial charge in [-0.3, -0.25) is 9.69 Å². The van der Waals surface area contributed by atoms with Gasteiger partial charge in [0, 0.05) is 18.2 Å². The van der Waals surface area contributed by atoms with Gasteiger partial charge in [0.15, 0.2) is 0 Å². The zero-order valence-corrected chi connectivity index (χ0v) is 13.7. The summed E-state index contributed by atoms with van der Waals surface area (Å²) in [6, 6.07) is 16.3. The molecule has 1 atom stereocenters. The van der Waals surface area contributed by atoms with Crippen LogP contribution in [0.4, 0.5) is 4.39 Å². The number of amides is 1. The molecule has 2 aromatic rings. The molecule has 0 aromatic heterocycles. The second-order valence-electron chi connectivity index (χ2n) is 6.30. The molecular formula is C20H23FN2O. The van der Waals surface area contributed by atoms with Gasteiger partial charge in [0.25, 0.3) is 5.91 Å². The number of carbonyl (C=O) groups is 1. The monoisotopic (exact) mass is 326 g/mol. The summed E-state index contributed by atoms with van der Waals surface area (Å²) in [5.41, 5.74) is 1.78. The average molecular weight is 326 g/mol. The Labute approximate surface area is 142 Å². The number of hydrogen-bond donors (Lipinski definition) is 1. The highest BCUT2D eigenvalue weighted by molar-refractivity contribution is 5.94. The van der Waals surface area contributed by atoms with E-state index in [9.17, 15) is 9.18 Å². The van der Waals surface area contributed by atoms with E-state index in [2.05, 4.69) is 22.3 Å². The highest BCUT2D eigenvalue weighted by atomic mass is 19.1. The van der Waals surface area contributed by atoms with Crippen LogP contribution < -0.4 is 5.32 Å². The van der Waals surface area contributed by atoms with E-state index in [1.807, 2.05) is 18.2 Å². The van der Waals surface area contributed by atoms with Crippen LogP contribution in [-0.2, 0) is 6.42 Å². The number of nitrogens with zero attached hydrogens (tertiary/aromatic N) is 1. The summed E-state index contributed by atoms with van der Waals surface area (Å²) in [7, 11) is 0. The smallest absolute Gasteiger partial charge is 0.251 e. The Kier molecular flexibility index (Phi) is 5.59. The number of likely N-dealkylation sites (tertiary alicyclic amines) is 1. The van der Waals surface area contributed by atoms with E-state index in [0.29, 0.717) is 18.2 Å². The molecule has 1 heterocycles. The third-order valence-electron chi connectivity index (χ3n) is 4.58. The Morgan fingerprint density at radius 3 is 2.38 bits per heavy atom. The number of benzene rings is 2. The molecule has 126 valence electrons. The molecule has 0 aliphatic carbocycles. The maximum Gasteiger partial charge on any atom is 0.251 e. The summed E-state index contributed by atoms with van der Waals surface area (Å²) in [4.78, 5) is 14.7. The SMILES string of the molecule is O=C(NCC(Cc1ccccc1)N1CCCC1)c1ccc(F)cc1. The van der Waals surface area contributed by atoms with Crippen molar-refractivity contribution < 1.29 is 9.18 Å². The van der Waals surface area contributed by atoms with Gasteiger partial charge in [-0.2, -0.15) is 0 Å². The molecule has 4 heteroatoms. The Balaban J connectivity index is 1.63. The quantitative estimate of drug-likeness (QED) is 0.884. The fraction of sp³-hybridized carbons (Fsp3) is 0.350. The molecule has 1 fully saturated rings. The zero-order valence-electron chi connectivity index (χ0n) is 13.7. The van der Waals surface area contributed by atoms with Gasteiger partial charge < -0.3 is 5.32 Å². The van der Waals surface area contributed by atoms with Crippen LogP contribution in [0.5, 0.6) is 0 Å². The molecule has 0 radical (unpaired) electrons. The molecular weight excluding hydrogens is 303 g/mol. The van der Waals surface area contributed by atoms with E-state index >= 15 is 0 Å². The fourth-order valence-electron chi connectivity index (χ4n) is 3.24. The lowest BCUT2D eigenvalue weighted by atomic mass is 10.0. The molecule has 24 heavy (non-hydrogen) atoms. The maximum atomic E-state index is 13.0. The minimum atomic E-state index is -0.328. The standard InChI is InChI=1S/C20H23FN2O/c21-18-10-8-17(9-11-18)20(24)22-15-19(23-12-4-5-13-23)14-16-6-2-1-3-7-16/h1-3,6-11,19H,4-5,12-15H2,(H,22,24). The highest BCUT2D eigenvalue weighted by Gasteiger charge is 2.22. The Morgan fingerprint density at radius 2 is 1.71 bits per heavy atom. The zero-order chi connectivity index (χ0) is 16.8. The third-order valence-corrected chi connectivity index (χ3v) is 4.58. The van der Waals surface area contributed by atoms with Crippen molar-refractivity contribution in [2.75, 3.05) is 19.6 Å². The minimum absolute atomic E-state index is 0.146. The summed E-state index contributed by atoms with van der Waals surface area (Å²) in [6.45, 7) is 2.78. The van der Waals surface area contributed by atoms with Gasteiger partial charge in [-0.05, 0) is 62.2 Å². The minimum Gasteiger partial charge on any atom is -0.350 e. The van der Waals surface area contributed by atoms with Crippen LogP contribution in [0.15, 0.2) is 54.6 Å². The molecule has 1 saturated heterocycles. The first-order valence-electron chi connectivity index (χ1n) is 8.54. The van der Waals surface area contributed by atoms with Gasteiger partial charge in [0.1, 0.15) is 5.82 Å². The molecule has 0 saturated carbocycles. The lowest BCUT2D eigenvalue weighted by molar-refractivity contribution is 0.0937. The van der Waals surface area contributed by atoms with Crippen molar-refractivity contribution in [1.82, 2.24) is 10.2 Å². The lowest BCUT2D eigenvalue weighted by Crippen LogP contribution is -2.44. The topological polar surface area (TPSA) is 32.3 Å². The molecule has 1 N–H and O–H groups in total. The number of halogens is 1. The van der Waals surface area contributed by atoms with E-state index in [-0.39, 0.29) is 11.7 Å². The van der Waals surface area contributed by atoms with Gasteiger partial charge in [0.2, 0.25) is 0 Å². The molecule has 1 unspecified atom stereocenters. The van der Waals surface area contributed by atoms with E-state index in [4.69, 9.17) is 0 Å². The summed E-state index contributed by atoms with van der Waals surface area (Å²) in [5.74, 6) is -0.474. The number of rotatable bonds is 6. The largest absolute Gasteiger partial charge is 0.350 e. The van der Waals surface area contributed by atoms with Gasteiger partial charge in [-0.1, -0.05) is 30.3 Å². The van der Waals surface area contributed by atoms with Gasteiger partial charge in [-0.15, -0.1) is 0 Å². The van der Waals surface area contributed by atoms with Crippen LogP contribution in [0.2, 0.25) is 0 Å². The molecule has 2 aromatic carbocycles. The van der Waals surface area contributed by atoms with Crippen LogP contribution in [0.3, 0.4) is 0 Å². The van der Waals surface area contributed by atoms with Crippen LogP contribution in [0.1, 0.15) is 28.8 Å². The van der Waals surface area contributed by atoms with Crippen LogP contribution in [0.25, 0.3) is 0 Å².